The van der Waals surface area contributed by atoms with E-state index in [0.717, 1.165) is 0 Å². The van der Waals surface area contributed by atoms with Crippen molar-refractivity contribution in [2.45, 2.75) is 52.9 Å². The maximum absolute atomic E-state index is 10.9. The Kier molecular flexibility index (Phi) is 6.69. The molecule has 0 radical (unpaired) electrons. The zero-order valence-electron chi connectivity index (χ0n) is 10.9. The van der Waals surface area contributed by atoms with E-state index in [-0.39, 0.29) is 30.4 Å². The lowest BCUT2D eigenvalue weighted by Gasteiger charge is -2.41. The molecule has 2 unspecified atom stereocenters. The highest BCUT2D eigenvalue weighted by Gasteiger charge is 2.39. The van der Waals surface area contributed by atoms with Gasteiger partial charge in [-0.3, -0.25) is 4.79 Å². The fraction of sp³-hybridized carbons (Fsp3) is 0.833. The van der Waals surface area contributed by atoms with Crippen molar-refractivity contribution in [3.8, 4) is 0 Å². The van der Waals surface area contributed by atoms with Gasteiger partial charge in [0.2, 0.25) is 0 Å². The zero-order valence-corrected chi connectivity index (χ0v) is 10.9. The van der Waals surface area contributed by atoms with Gasteiger partial charge in [0, 0.05) is 12.8 Å². The summed E-state index contributed by atoms with van der Waals surface area (Å²) in [6, 6.07) is 0. The summed E-state index contributed by atoms with van der Waals surface area (Å²) in [5.41, 5.74) is 0. The zero-order chi connectivity index (χ0) is 13.6. The van der Waals surface area contributed by atoms with Gasteiger partial charge in [0.15, 0.2) is 0 Å². The van der Waals surface area contributed by atoms with Crippen LogP contribution >= 0.6 is 0 Å². The van der Waals surface area contributed by atoms with Crippen LogP contribution in [0.3, 0.4) is 0 Å². The molecule has 1 fully saturated rings. The maximum Gasteiger partial charge on any atom is 0.373 e. The summed E-state index contributed by atoms with van der Waals surface area (Å²) < 4.78 is 11.0. The average molecular weight is 244 g/mol. The largest absolute Gasteiger partial charge is 0.460 e. The minimum Gasteiger partial charge on any atom is -0.460 e. The highest BCUT2D eigenvalue weighted by atomic mass is 16.6. The van der Waals surface area contributed by atoms with Crippen LogP contribution in [0.15, 0.2) is 0 Å². The number of carbonyl (C=O) groups is 1. The van der Waals surface area contributed by atoms with Crippen LogP contribution in [0.1, 0.15) is 34.6 Å². The van der Waals surface area contributed by atoms with E-state index in [9.17, 15) is 4.79 Å². The molecule has 0 aliphatic carbocycles. The van der Waals surface area contributed by atoms with E-state index in [1.807, 2.05) is 6.92 Å². The Bertz CT molecular complexity index is 283. The number of hydrogen-bond acceptors (Lipinski definition) is 5. The Hall–Kier alpha value is -1.19. The molecule has 5 nitrogen and oxygen atoms in total. The van der Waals surface area contributed by atoms with Crippen molar-refractivity contribution in [2.75, 3.05) is 0 Å². The van der Waals surface area contributed by atoms with Gasteiger partial charge in [-0.2, -0.15) is 9.59 Å². The molecule has 0 N–H and O–H groups in total. The van der Waals surface area contributed by atoms with Gasteiger partial charge < -0.3 is 9.47 Å². The predicted molar refractivity (Wildman–Crippen MR) is 58.9 cm³/mol. The molecule has 0 spiro atoms. The summed E-state index contributed by atoms with van der Waals surface area (Å²) in [5.74, 6) is 0.562. The van der Waals surface area contributed by atoms with Crippen LogP contribution in [0.25, 0.3) is 0 Å². The third-order valence-electron chi connectivity index (χ3n) is 3.28. The van der Waals surface area contributed by atoms with E-state index in [0.29, 0.717) is 11.8 Å². The topological polar surface area (TPSA) is 69.7 Å². The molecule has 5 atom stereocenters. The van der Waals surface area contributed by atoms with Crippen LogP contribution in [0, 0.1) is 11.8 Å². The third-order valence-corrected chi connectivity index (χ3v) is 3.28. The van der Waals surface area contributed by atoms with Crippen molar-refractivity contribution >= 4 is 12.1 Å². The van der Waals surface area contributed by atoms with Crippen molar-refractivity contribution in [3.05, 3.63) is 0 Å². The third kappa shape index (κ3) is 4.67. The first kappa shape index (κ1) is 15.8. The van der Waals surface area contributed by atoms with E-state index in [1.165, 1.54) is 6.92 Å². The molecule has 1 saturated heterocycles. The molecule has 1 rings (SSSR count). The molecule has 17 heavy (non-hydrogen) atoms. The number of ether oxygens (including phenoxy) is 2. The molecule has 0 saturated carbocycles. The number of esters is 1. The minimum absolute atomic E-state index is 0.0000926. The Morgan fingerprint density at radius 1 is 1.06 bits per heavy atom. The van der Waals surface area contributed by atoms with E-state index in [2.05, 4.69) is 20.8 Å². The number of rotatable bonds is 1. The first-order valence-electron chi connectivity index (χ1n) is 5.67. The van der Waals surface area contributed by atoms with Gasteiger partial charge in [0.1, 0.15) is 6.10 Å². The molecule has 0 aromatic rings. The van der Waals surface area contributed by atoms with Crippen LogP contribution < -0.4 is 0 Å². The van der Waals surface area contributed by atoms with E-state index in [1.54, 1.807) is 0 Å². The van der Waals surface area contributed by atoms with Crippen molar-refractivity contribution in [1.29, 1.82) is 0 Å². The van der Waals surface area contributed by atoms with E-state index in [4.69, 9.17) is 19.1 Å². The van der Waals surface area contributed by atoms with Crippen LogP contribution in [-0.4, -0.2) is 30.4 Å². The van der Waals surface area contributed by atoms with Crippen molar-refractivity contribution in [2.24, 2.45) is 11.8 Å². The van der Waals surface area contributed by atoms with Gasteiger partial charge in [-0.15, -0.1) is 0 Å². The highest BCUT2D eigenvalue weighted by Crippen LogP contribution is 2.32. The smallest absolute Gasteiger partial charge is 0.373 e. The SMILES string of the molecule is CC(=O)O[C@@H]1C(C)O[C@@H](C)[C@@H](C)C1C.O=C=O. The van der Waals surface area contributed by atoms with E-state index >= 15 is 0 Å². The Morgan fingerprint density at radius 2 is 1.53 bits per heavy atom. The Balaban J connectivity index is 0.000000770. The highest BCUT2D eigenvalue weighted by molar-refractivity contribution is 5.66. The van der Waals surface area contributed by atoms with Crippen LogP contribution in [-0.2, 0) is 23.9 Å². The van der Waals surface area contributed by atoms with Gasteiger partial charge in [0.05, 0.1) is 12.2 Å². The first-order valence-corrected chi connectivity index (χ1v) is 5.67. The summed E-state index contributed by atoms with van der Waals surface area (Å²) in [5, 5.41) is 0. The lowest BCUT2D eigenvalue weighted by atomic mass is 9.82. The summed E-state index contributed by atoms with van der Waals surface area (Å²) in [7, 11) is 0. The molecule has 98 valence electrons. The number of hydrogen-bond donors (Lipinski definition) is 0. The van der Waals surface area contributed by atoms with Crippen LogP contribution in [0.2, 0.25) is 0 Å². The normalized spacial score (nSPS) is 36.2. The molecular weight excluding hydrogens is 224 g/mol. The average Bonchev–Trinajstić information content (AvgIpc) is 2.22. The molecule has 1 aliphatic heterocycles. The Morgan fingerprint density at radius 3 is 1.94 bits per heavy atom. The van der Waals surface area contributed by atoms with Gasteiger partial charge in [-0.25, -0.2) is 0 Å². The minimum atomic E-state index is -0.223. The Labute approximate surface area is 101 Å². The summed E-state index contributed by atoms with van der Waals surface area (Å²) in [6.45, 7) is 9.74. The van der Waals surface area contributed by atoms with Gasteiger partial charge in [-0.1, -0.05) is 13.8 Å². The molecular formula is C12H20O5. The lowest BCUT2D eigenvalue weighted by molar-refractivity contribution is -0.191. The second kappa shape index (κ2) is 7.20. The maximum atomic E-state index is 10.9. The van der Waals surface area contributed by atoms with E-state index < -0.39 is 0 Å². The molecule has 0 amide bonds. The fourth-order valence-corrected chi connectivity index (χ4v) is 2.09. The molecule has 0 bridgehead atoms. The second-order valence-corrected chi connectivity index (χ2v) is 4.42. The quantitative estimate of drug-likeness (QED) is 0.652. The summed E-state index contributed by atoms with van der Waals surface area (Å²) in [4.78, 5) is 27.2. The lowest BCUT2D eigenvalue weighted by Crippen LogP contribution is -2.48. The molecule has 1 heterocycles. The van der Waals surface area contributed by atoms with Crippen LogP contribution in [0.5, 0.6) is 0 Å². The fourth-order valence-electron chi connectivity index (χ4n) is 2.09. The van der Waals surface area contributed by atoms with Crippen molar-refractivity contribution in [3.63, 3.8) is 0 Å². The van der Waals surface area contributed by atoms with Crippen molar-refractivity contribution in [1.82, 2.24) is 0 Å². The van der Waals surface area contributed by atoms with Crippen LogP contribution in [0.4, 0.5) is 0 Å². The molecule has 5 heteroatoms. The number of carbonyl (C=O) groups excluding carboxylic acids is 3. The van der Waals surface area contributed by atoms with Gasteiger partial charge >= 0.3 is 12.1 Å². The standard InChI is InChI=1S/C11H20O3.CO2/c1-6-7(2)11(14-10(5)12)9(4)13-8(6)3;2-1-3/h6-9,11H,1-5H3;/t6-,7?,8-,9?,11-;/m0./s1. The monoisotopic (exact) mass is 244 g/mol. The molecule has 0 aromatic carbocycles. The first-order chi connectivity index (χ1) is 7.84. The van der Waals surface area contributed by atoms with Gasteiger partial charge in [-0.05, 0) is 19.8 Å². The summed E-state index contributed by atoms with van der Waals surface area (Å²) >= 11 is 0. The van der Waals surface area contributed by atoms with Crippen molar-refractivity contribution < 1.29 is 23.9 Å². The second-order valence-electron chi connectivity index (χ2n) is 4.42. The predicted octanol–water partition coefficient (Wildman–Crippen LogP) is 1.41. The molecule has 0 aromatic heterocycles. The summed E-state index contributed by atoms with van der Waals surface area (Å²) in [6.07, 6.45) is 0.394. The molecule has 1 aliphatic rings. The van der Waals surface area contributed by atoms with Gasteiger partial charge in [0.25, 0.3) is 0 Å².